The van der Waals surface area contributed by atoms with Crippen LogP contribution in [0.3, 0.4) is 0 Å². The molecule has 11 nitrogen and oxygen atoms in total. The second-order valence-electron chi connectivity index (χ2n) is 10.9. The smallest absolute Gasteiger partial charge is 0.341 e. The van der Waals surface area contributed by atoms with E-state index < -0.39 is 5.97 Å². The number of hydrogen-bond acceptors (Lipinski definition) is 9. The van der Waals surface area contributed by atoms with Crippen molar-refractivity contribution in [3.05, 3.63) is 67.0 Å². The Labute approximate surface area is 257 Å². The van der Waals surface area contributed by atoms with Crippen LogP contribution in [0.15, 0.2) is 61.4 Å². The van der Waals surface area contributed by atoms with Crippen LogP contribution in [0.2, 0.25) is 0 Å². The van der Waals surface area contributed by atoms with Gasteiger partial charge in [0.2, 0.25) is 11.9 Å². The molecule has 2 aromatic carbocycles. The summed E-state index contributed by atoms with van der Waals surface area (Å²) in [5, 5.41) is 7.14. The Morgan fingerprint density at radius 2 is 2.00 bits per heavy atom. The summed E-state index contributed by atoms with van der Waals surface area (Å²) in [6, 6.07) is 12.0. The Kier molecular flexibility index (Phi) is 9.15. The average Bonchev–Trinajstić information content (AvgIpc) is 3.58. The van der Waals surface area contributed by atoms with Gasteiger partial charge >= 0.3 is 5.97 Å². The minimum atomic E-state index is -0.505. The normalized spacial score (nSPS) is 14.8. The fraction of sp³-hybridized carbons (Fsp3) is 0.333. The van der Waals surface area contributed by atoms with E-state index in [2.05, 4.69) is 39.0 Å². The summed E-state index contributed by atoms with van der Waals surface area (Å²) in [5.74, 6) is -0.0571. The van der Waals surface area contributed by atoms with E-state index in [0.29, 0.717) is 28.9 Å². The lowest BCUT2D eigenvalue weighted by atomic mass is 10.1. The quantitative estimate of drug-likeness (QED) is 0.177. The predicted octanol–water partition coefficient (Wildman–Crippen LogP) is 5.22. The Morgan fingerprint density at radius 1 is 1.20 bits per heavy atom. The Bertz CT molecular complexity index is 1700. The lowest BCUT2D eigenvalue weighted by Gasteiger charge is -2.29. The van der Waals surface area contributed by atoms with Gasteiger partial charge in [0.15, 0.2) is 0 Å². The zero-order valence-corrected chi connectivity index (χ0v) is 25.9. The number of methoxy groups -OCH3 is 1. The van der Waals surface area contributed by atoms with Gasteiger partial charge in [-0.15, -0.1) is 0 Å². The SMILES string of the molecule is C=CC(=O)Nc1cc(Nc2ncc(C(=O)OCC)c(-c3cn(C)c4ccccc34)n2)c(OC)cc1N(C)C[C@H]1CCCN1C. The number of nitrogens with one attached hydrogen (secondary N) is 2. The van der Waals surface area contributed by atoms with Crippen molar-refractivity contribution in [3.8, 4) is 17.0 Å². The number of para-hydroxylation sites is 1. The van der Waals surface area contributed by atoms with Crippen LogP contribution >= 0.6 is 0 Å². The fourth-order valence-corrected chi connectivity index (χ4v) is 5.72. The molecule has 2 N–H and O–H groups in total. The highest BCUT2D eigenvalue weighted by Gasteiger charge is 2.25. The standard InChI is InChI=1S/C33H39N7O4/c1-7-30(41)35-25-16-26(29(43-6)17-28(25)39(4)19-21-12-11-15-38(21)3)36-33-34-18-23(32(42)44-8-2)31(37-33)24-20-40(5)27-14-10-9-13-22(24)27/h7,9-10,13-14,16-18,20-21H,1,8,11-12,15,19H2,2-6H3,(H,35,41)(H,34,36,37)/t21-/m1/s1. The molecule has 11 heteroatoms. The van der Waals surface area contributed by atoms with Crippen molar-refractivity contribution < 1.29 is 19.1 Å². The van der Waals surface area contributed by atoms with Crippen LogP contribution in [-0.4, -0.2) is 78.3 Å². The van der Waals surface area contributed by atoms with Gasteiger partial charge in [-0.1, -0.05) is 24.8 Å². The third-order valence-corrected chi connectivity index (χ3v) is 8.01. The number of aryl methyl sites for hydroxylation is 1. The van der Waals surface area contributed by atoms with E-state index >= 15 is 0 Å². The monoisotopic (exact) mass is 597 g/mol. The highest BCUT2D eigenvalue weighted by molar-refractivity contribution is 6.03. The zero-order chi connectivity index (χ0) is 31.4. The molecule has 1 saturated heterocycles. The second kappa shape index (κ2) is 13.2. The molecule has 0 radical (unpaired) electrons. The van der Waals surface area contributed by atoms with E-state index in [-0.39, 0.29) is 24.0 Å². The van der Waals surface area contributed by atoms with E-state index in [4.69, 9.17) is 14.5 Å². The molecular weight excluding hydrogens is 558 g/mol. The number of amides is 1. The van der Waals surface area contributed by atoms with E-state index in [1.165, 1.54) is 12.3 Å². The van der Waals surface area contributed by atoms with Gasteiger partial charge in [0.25, 0.3) is 0 Å². The van der Waals surface area contributed by atoms with Gasteiger partial charge in [0.05, 0.1) is 36.5 Å². The Balaban J connectivity index is 1.56. The summed E-state index contributed by atoms with van der Waals surface area (Å²) in [6.45, 7) is 7.45. The number of nitrogens with zero attached hydrogens (tertiary/aromatic N) is 5. The number of likely N-dealkylation sites (N-methyl/N-ethyl adjacent to an activating group) is 2. The molecule has 44 heavy (non-hydrogen) atoms. The summed E-state index contributed by atoms with van der Waals surface area (Å²) in [5.41, 5.74) is 4.39. The molecule has 1 fully saturated rings. The molecule has 0 saturated carbocycles. The summed E-state index contributed by atoms with van der Waals surface area (Å²) in [7, 11) is 7.68. The second-order valence-corrected chi connectivity index (χ2v) is 10.9. The fourth-order valence-electron chi connectivity index (χ4n) is 5.72. The third kappa shape index (κ3) is 6.23. The molecule has 0 bridgehead atoms. The first-order valence-corrected chi connectivity index (χ1v) is 14.7. The maximum Gasteiger partial charge on any atom is 0.341 e. The van der Waals surface area contributed by atoms with Gasteiger partial charge in [-0.05, 0) is 51.6 Å². The summed E-state index contributed by atoms with van der Waals surface area (Å²) < 4.78 is 13.1. The molecule has 5 rings (SSSR count). The number of benzene rings is 2. The molecule has 1 atom stereocenters. The molecule has 1 amide bonds. The lowest BCUT2D eigenvalue weighted by Crippen LogP contribution is -2.37. The number of fused-ring (bicyclic) bond motifs is 1. The van der Waals surface area contributed by atoms with Crippen LogP contribution < -0.4 is 20.3 Å². The predicted molar refractivity (Wildman–Crippen MR) is 174 cm³/mol. The molecule has 0 spiro atoms. The van der Waals surface area contributed by atoms with Gasteiger partial charge in [-0.3, -0.25) is 4.79 Å². The number of esters is 1. The van der Waals surface area contributed by atoms with E-state index in [0.717, 1.165) is 48.1 Å². The largest absolute Gasteiger partial charge is 0.494 e. The maximum absolute atomic E-state index is 13.0. The number of hydrogen-bond donors (Lipinski definition) is 2. The van der Waals surface area contributed by atoms with Crippen LogP contribution in [0.25, 0.3) is 22.2 Å². The molecule has 0 aliphatic carbocycles. The zero-order valence-electron chi connectivity index (χ0n) is 25.9. The van der Waals surface area contributed by atoms with Crippen molar-refractivity contribution in [1.29, 1.82) is 0 Å². The number of anilines is 4. The summed E-state index contributed by atoms with van der Waals surface area (Å²) >= 11 is 0. The number of ether oxygens (including phenoxy) is 2. The topological polar surface area (TPSA) is 114 Å². The van der Waals surface area contributed by atoms with E-state index in [1.54, 1.807) is 20.1 Å². The van der Waals surface area contributed by atoms with Crippen LogP contribution in [0.4, 0.5) is 23.0 Å². The third-order valence-electron chi connectivity index (χ3n) is 8.01. The number of carbonyl (C=O) groups is 2. The van der Waals surface area contributed by atoms with Crippen LogP contribution in [0.1, 0.15) is 30.1 Å². The molecule has 4 aromatic rings. The van der Waals surface area contributed by atoms with E-state index in [9.17, 15) is 9.59 Å². The minimum Gasteiger partial charge on any atom is -0.494 e. The lowest BCUT2D eigenvalue weighted by molar-refractivity contribution is -0.111. The number of rotatable bonds is 11. The number of likely N-dealkylation sites (tertiary alicyclic amines) is 1. The molecule has 0 unspecified atom stereocenters. The van der Waals surface area contributed by atoms with Gasteiger partial charge in [-0.2, -0.15) is 0 Å². The summed E-state index contributed by atoms with van der Waals surface area (Å²) in [4.78, 5) is 39.2. The van der Waals surface area contributed by atoms with Crippen molar-refractivity contribution in [2.45, 2.75) is 25.8 Å². The van der Waals surface area contributed by atoms with Crippen LogP contribution in [0.5, 0.6) is 5.75 Å². The molecule has 1 aliphatic heterocycles. The van der Waals surface area contributed by atoms with Crippen molar-refractivity contribution >= 4 is 45.8 Å². The first-order chi connectivity index (χ1) is 21.2. The number of aromatic nitrogens is 3. The van der Waals surface area contributed by atoms with Gasteiger partial charge in [0, 0.05) is 61.6 Å². The molecule has 2 aromatic heterocycles. The highest BCUT2D eigenvalue weighted by Crippen LogP contribution is 2.39. The molecule has 3 heterocycles. The highest BCUT2D eigenvalue weighted by atomic mass is 16.5. The van der Waals surface area contributed by atoms with Crippen LogP contribution in [0, 0.1) is 0 Å². The van der Waals surface area contributed by atoms with Crippen molar-refractivity contribution in [2.75, 3.05) is 56.4 Å². The molecule has 230 valence electrons. The first kappa shape index (κ1) is 30.6. The molecular formula is C33H39N7O4. The Morgan fingerprint density at radius 3 is 2.70 bits per heavy atom. The van der Waals surface area contributed by atoms with Crippen molar-refractivity contribution in [2.24, 2.45) is 7.05 Å². The minimum absolute atomic E-state index is 0.224. The van der Waals surface area contributed by atoms with Gasteiger partial charge in [-0.25, -0.2) is 14.8 Å². The number of carbonyl (C=O) groups excluding carboxylic acids is 2. The average molecular weight is 598 g/mol. The van der Waals surface area contributed by atoms with Crippen LogP contribution in [-0.2, 0) is 16.6 Å². The van der Waals surface area contributed by atoms with E-state index in [1.807, 2.05) is 55.2 Å². The van der Waals surface area contributed by atoms with Crippen molar-refractivity contribution in [1.82, 2.24) is 19.4 Å². The summed E-state index contributed by atoms with van der Waals surface area (Å²) in [6.07, 6.45) is 6.92. The maximum atomic E-state index is 13.0. The van der Waals surface area contributed by atoms with Crippen molar-refractivity contribution in [3.63, 3.8) is 0 Å². The van der Waals surface area contributed by atoms with Gasteiger partial charge in [0.1, 0.15) is 11.3 Å². The first-order valence-electron chi connectivity index (χ1n) is 14.7. The Hall–Kier alpha value is -4.90. The molecule has 1 aliphatic rings. The van der Waals surface area contributed by atoms with Gasteiger partial charge < -0.3 is 34.5 Å².